The Kier molecular flexibility index (Phi) is 2.37. The third kappa shape index (κ3) is 1.81. The summed E-state index contributed by atoms with van der Waals surface area (Å²) in [5.41, 5.74) is 0.914. The number of rotatable bonds is 4. The Morgan fingerprint density at radius 2 is 2.00 bits per heavy atom. The maximum atomic E-state index is 9.98. The van der Waals surface area contributed by atoms with Crippen LogP contribution < -0.4 is 0 Å². The zero-order chi connectivity index (χ0) is 12.1. The lowest BCUT2D eigenvalue weighted by Crippen LogP contribution is -2.51. The summed E-state index contributed by atoms with van der Waals surface area (Å²) >= 11 is 0. The van der Waals surface area contributed by atoms with Crippen LogP contribution in [0.1, 0.15) is 51.9 Å². The molecule has 3 aliphatic rings. The van der Waals surface area contributed by atoms with Crippen molar-refractivity contribution in [3.63, 3.8) is 0 Å². The number of hydrazone groups is 1. The van der Waals surface area contributed by atoms with Gasteiger partial charge in [0.15, 0.2) is 0 Å². The fourth-order valence-corrected chi connectivity index (χ4v) is 3.23. The molecule has 0 saturated heterocycles. The first-order chi connectivity index (χ1) is 8.07. The van der Waals surface area contributed by atoms with Crippen molar-refractivity contribution in [1.29, 1.82) is 0 Å². The largest absolute Gasteiger partial charge is 0.384 e. The predicted octanol–water partition coefficient (Wildman–Crippen LogP) is 2.67. The second kappa shape index (κ2) is 3.58. The van der Waals surface area contributed by atoms with Crippen molar-refractivity contribution in [2.24, 2.45) is 10.5 Å². The monoisotopic (exact) mass is 234 g/mol. The van der Waals surface area contributed by atoms with E-state index in [1.807, 2.05) is 18.1 Å². The molecular formula is C14H22N2O. The second-order valence-electron chi connectivity index (χ2n) is 6.20. The fraction of sp³-hybridized carbons (Fsp3) is 0.786. The van der Waals surface area contributed by atoms with Crippen LogP contribution >= 0.6 is 0 Å². The molecule has 3 fully saturated rings. The SMILES string of the molecule is C=CN(/N=C(\C)C1(O)CC1)C1CC2(CCC2)C1. The molecule has 17 heavy (non-hydrogen) atoms. The predicted molar refractivity (Wildman–Crippen MR) is 68.6 cm³/mol. The highest BCUT2D eigenvalue weighted by atomic mass is 16.3. The molecule has 0 radical (unpaired) electrons. The van der Waals surface area contributed by atoms with E-state index in [1.54, 1.807) is 0 Å². The van der Waals surface area contributed by atoms with Crippen LogP contribution in [0.5, 0.6) is 0 Å². The Hall–Kier alpha value is -0.830. The Morgan fingerprint density at radius 3 is 2.41 bits per heavy atom. The summed E-state index contributed by atoms with van der Waals surface area (Å²) < 4.78 is 0. The minimum Gasteiger partial charge on any atom is -0.384 e. The highest BCUT2D eigenvalue weighted by molar-refractivity contribution is 5.92. The third-order valence-corrected chi connectivity index (χ3v) is 4.98. The summed E-state index contributed by atoms with van der Waals surface area (Å²) in [6.07, 6.45) is 10.3. The Bertz CT molecular complexity index is 358. The Labute approximate surface area is 103 Å². The molecule has 0 aromatic heterocycles. The normalized spacial score (nSPS) is 29.4. The fourth-order valence-electron chi connectivity index (χ4n) is 3.23. The maximum absolute atomic E-state index is 9.98. The lowest BCUT2D eigenvalue weighted by molar-refractivity contribution is -0.0395. The maximum Gasteiger partial charge on any atom is 0.104 e. The number of aliphatic hydroxyl groups is 1. The van der Waals surface area contributed by atoms with Gasteiger partial charge in [-0.25, -0.2) is 0 Å². The average molecular weight is 234 g/mol. The summed E-state index contributed by atoms with van der Waals surface area (Å²) in [5.74, 6) is 0. The van der Waals surface area contributed by atoms with Gasteiger partial charge in [-0.05, 0) is 50.9 Å². The minimum absolute atomic E-state index is 0.519. The molecule has 0 unspecified atom stereocenters. The standard InChI is InChI=1S/C14H22N2O/c1-3-16(15-11(2)14(17)7-8-14)12-9-13(10-12)5-4-6-13/h3,12,17H,1,4-10H2,2H3/b15-11+. The van der Waals surface area contributed by atoms with Gasteiger partial charge in [0.1, 0.15) is 5.60 Å². The summed E-state index contributed by atoms with van der Waals surface area (Å²) in [5, 5.41) is 16.5. The van der Waals surface area contributed by atoms with Crippen LogP contribution in [0.2, 0.25) is 0 Å². The quantitative estimate of drug-likeness (QED) is 0.599. The lowest BCUT2D eigenvalue weighted by Gasteiger charge is -2.55. The lowest BCUT2D eigenvalue weighted by atomic mass is 9.54. The highest BCUT2D eigenvalue weighted by Gasteiger charge is 2.50. The second-order valence-corrected chi connectivity index (χ2v) is 6.20. The molecule has 3 rings (SSSR count). The molecule has 3 saturated carbocycles. The van der Waals surface area contributed by atoms with Gasteiger partial charge in [-0.3, -0.25) is 5.01 Å². The molecule has 1 N–H and O–H groups in total. The van der Waals surface area contributed by atoms with E-state index in [9.17, 15) is 5.11 Å². The molecule has 0 amide bonds. The Morgan fingerprint density at radius 1 is 1.35 bits per heavy atom. The van der Waals surface area contributed by atoms with Crippen molar-refractivity contribution in [2.45, 2.75) is 63.5 Å². The topological polar surface area (TPSA) is 35.8 Å². The molecule has 0 bridgehead atoms. The van der Waals surface area contributed by atoms with Crippen LogP contribution in [-0.2, 0) is 0 Å². The average Bonchev–Trinajstić information content (AvgIpc) is 2.91. The first-order valence-corrected chi connectivity index (χ1v) is 6.76. The summed E-state index contributed by atoms with van der Waals surface area (Å²) in [4.78, 5) is 0. The summed E-state index contributed by atoms with van der Waals surface area (Å²) in [7, 11) is 0. The molecule has 0 atom stereocenters. The van der Waals surface area contributed by atoms with Crippen LogP contribution in [0.15, 0.2) is 17.9 Å². The molecular weight excluding hydrogens is 212 g/mol. The van der Waals surface area contributed by atoms with Crippen LogP contribution in [0.3, 0.4) is 0 Å². The van der Waals surface area contributed by atoms with Crippen LogP contribution in [0.25, 0.3) is 0 Å². The van der Waals surface area contributed by atoms with Crippen molar-refractivity contribution in [3.05, 3.63) is 12.8 Å². The van der Waals surface area contributed by atoms with Crippen LogP contribution in [-0.4, -0.2) is 27.5 Å². The van der Waals surface area contributed by atoms with Crippen molar-refractivity contribution >= 4 is 5.71 Å². The van der Waals surface area contributed by atoms with Gasteiger partial charge in [-0.1, -0.05) is 13.0 Å². The number of nitrogens with zero attached hydrogens (tertiary/aromatic N) is 2. The summed E-state index contributed by atoms with van der Waals surface area (Å²) in [6, 6.07) is 0.519. The van der Waals surface area contributed by atoms with E-state index in [1.165, 1.54) is 32.1 Å². The number of hydrogen-bond donors (Lipinski definition) is 1. The van der Waals surface area contributed by atoms with Crippen molar-refractivity contribution in [1.82, 2.24) is 5.01 Å². The molecule has 0 aromatic carbocycles. The van der Waals surface area contributed by atoms with Crippen molar-refractivity contribution in [2.75, 3.05) is 0 Å². The third-order valence-electron chi connectivity index (χ3n) is 4.98. The zero-order valence-corrected chi connectivity index (χ0v) is 10.7. The van der Waals surface area contributed by atoms with Gasteiger partial charge in [0.25, 0.3) is 0 Å². The van der Waals surface area contributed by atoms with E-state index >= 15 is 0 Å². The molecule has 3 heteroatoms. The molecule has 0 aliphatic heterocycles. The zero-order valence-electron chi connectivity index (χ0n) is 10.7. The molecule has 3 aliphatic carbocycles. The number of hydrogen-bond acceptors (Lipinski definition) is 3. The van der Waals surface area contributed by atoms with Gasteiger partial charge in [-0.15, -0.1) is 0 Å². The van der Waals surface area contributed by atoms with Gasteiger partial charge in [0.2, 0.25) is 0 Å². The van der Waals surface area contributed by atoms with Crippen molar-refractivity contribution in [3.8, 4) is 0 Å². The van der Waals surface area contributed by atoms with Gasteiger partial charge in [0, 0.05) is 6.20 Å². The first-order valence-electron chi connectivity index (χ1n) is 6.76. The van der Waals surface area contributed by atoms with Gasteiger partial charge in [0.05, 0.1) is 11.8 Å². The highest BCUT2D eigenvalue weighted by Crippen LogP contribution is 2.57. The van der Waals surface area contributed by atoms with E-state index in [2.05, 4.69) is 11.7 Å². The molecule has 3 nitrogen and oxygen atoms in total. The van der Waals surface area contributed by atoms with Gasteiger partial charge < -0.3 is 5.11 Å². The smallest absolute Gasteiger partial charge is 0.104 e. The van der Waals surface area contributed by atoms with Crippen molar-refractivity contribution < 1.29 is 5.11 Å². The van der Waals surface area contributed by atoms with E-state index in [-0.39, 0.29) is 0 Å². The van der Waals surface area contributed by atoms with E-state index in [0.717, 1.165) is 18.6 Å². The first kappa shape index (κ1) is 11.3. The minimum atomic E-state index is -0.598. The van der Waals surface area contributed by atoms with E-state index < -0.39 is 5.60 Å². The Balaban J connectivity index is 1.62. The van der Waals surface area contributed by atoms with Crippen LogP contribution in [0, 0.1) is 5.41 Å². The molecule has 1 spiro atoms. The molecule has 0 aromatic rings. The summed E-state index contributed by atoms with van der Waals surface area (Å²) in [6.45, 7) is 5.78. The van der Waals surface area contributed by atoms with Gasteiger partial charge in [-0.2, -0.15) is 5.10 Å². The molecule has 0 heterocycles. The van der Waals surface area contributed by atoms with Gasteiger partial charge >= 0.3 is 0 Å². The molecule has 94 valence electrons. The van der Waals surface area contributed by atoms with E-state index in [4.69, 9.17) is 0 Å². The van der Waals surface area contributed by atoms with Crippen LogP contribution in [0.4, 0.5) is 0 Å². The van der Waals surface area contributed by atoms with E-state index in [0.29, 0.717) is 11.5 Å².